The first-order valence-corrected chi connectivity index (χ1v) is 5.67. The van der Waals surface area contributed by atoms with Gasteiger partial charge in [0.2, 0.25) is 11.8 Å². The van der Waals surface area contributed by atoms with E-state index < -0.39 is 0 Å². The van der Waals surface area contributed by atoms with Gasteiger partial charge in [-0.3, -0.25) is 9.59 Å². The Hall–Kier alpha value is -1.36. The van der Waals surface area contributed by atoms with Gasteiger partial charge < -0.3 is 10.6 Å². The fraction of sp³-hybridized carbons (Fsp3) is 0.273. The van der Waals surface area contributed by atoms with Crippen molar-refractivity contribution in [2.75, 3.05) is 11.9 Å². The van der Waals surface area contributed by atoms with E-state index in [4.69, 9.17) is 0 Å². The van der Waals surface area contributed by atoms with Crippen molar-refractivity contribution in [2.45, 2.75) is 13.3 Å². The molecule has 0 fully saturated rings. The second kappa shape index (κ2) is 6.27. The van der Waals surface area contributed by atoms with Crippen LogP contribution in [0.15, 0.2) is 28.7 Å². The summed E-state index contributed by atoms with van der Waals surface area (Å²) in [7, 11) is 0. The Balaban J connectivity index is 2.34. The van der Waals surface area contributed by atoms with Crippen LogP contribution >= 0.6 is 15.9 Å². The molecular formula is C11H13BrN2O2. The zero-order valence-electron chi connectivity index (χ0n) is 8.92. The highest BCUT2D eigenvalue weighted by Crippen LogP contribution is 2.13. The number of carbonyl (C=O) groups is 2. The van der Waals surface area contributed by atoms with Crippen molar-refractivity contribution >= 4 is 33.4 Å². The SMILES string of the molecule is CC(=O)NCCC(=O)Nc1ccc(Br)cc1. The fourth-order valence-electron chi connectivity index (χ4n) is 1.11. The molecule has 0 aromatic heterocycles. The molecule has 16 heavy (non-hydrogen) atoms. The summed E-state index contributed by atoms with van der Waals surface area (Å²) in [5.41, 5.74) is 0.746. The Labute approximate surface area is 103 Å². The first-order valence-electron chi connectivity index (χ1n) is 4.88. The first-order chi connectivity index (χ1) is 7.58. The Morgan fingerprint density at radius 1 is 1.25 bits per heavy atom. The fourth-order valence-corrected chi connectivity index (χ4v) is 1.37. The summed E-state index contributed by atoms with van der Waals surface area (Å²) in [5, 5.41) is 5.30. The molecule has 1 aromatic carbocycles. The molecule has 4 nitrogen and oxygen atoms in total. The van der Waals surface area contributed by atoms with Gasteiger partial charge in [0.1, 0.15) is 0 Å². The predicted molar refractivity (Wildman–Crippen MR) is 66.1 cm³/mol. The largest absolute Gasteiger partial charge is 0.356 e. The van der Waals surface area contributed by atoms with E-state index in [1.807, 2.05) is 12.1 Å². The molecule has 0 saturated heterocycles. The highest BCUT2D eigenvalue weighted by molar-refractivity contribution is 9.10. The summed E-state index contributed by atoms with van der Waals surface area (Å²) in [6, 6.07) is 7.31. The van der Waals surface area contributed by atoms with E-state index in [1.165, 1.54) is 6.92 Å². The van der Waals surface area contributed by atoms with Crippen molar-refractivity contribution in [1.29, 1.82) is 0 Å². The molecule has 0 unspecified atom stereocenters. The van der Waals surface area contributed by atoms with Crippen LogP contribution in [-0.2, 0) is 9.59 Å². The van der Waals surface area contributed by atoms with Crippen LogP contribution in [0.5, 0.6) is 0 Å². The van der Waals surface area contributed by atoms with E-state index in [0.29, 0.717) is 6.54 Å². The first kappa shape index (κ1) is 12.7. The van der Waals surface area contributed by atoms with E-state index >= 15 is 0 Å². The second-order valence-electron chi connectivity index (χ2n) is 3.29. The molecule has 0 saturated carbocycles. The number of anilines is 1. The van der Waals surface area contributed by atoms with Crippen molar-refractivity contribution in [1.82, 2.24) is 5.32 Å². The summed E-state index contributed by atoms with van der Waals surface area (Å²) in [4.78, 5) is 22.0. The monoisotopic (exact) mass is 284 g/mol. The smallest absolute Gasteiger partial charge is 0.226 e. The Morgan fingerprint density at radius 3 is 2.44 bits per heavy atom. The van der Waals surface area contributed by atoms with Crippen LogP contribution < -0.4 is 10.6 Å². The van der Waals surface area contributed by atoms with Gasteiger partial charge in [0.25, 0.3) is 0 Å². The molecule has 0 aliphatic heterocycles. The second-order valence-corrected chi connectivity index (χ2v) is 4.20. The molecule has 86 valence electrons. The number of amides is 2. The third kappa shape index (κ3) is 4.93. The molecule has 2 amide bonds. The van der Waals surface area contributed by atoms with Gasteiger partial charge in [-0.1, -0.05) is 15.9 Å². The minimum absolute atomic E-state index is 0.115. The number of hydrogen-bond acceptors (Lipinski definition) is 2. The van der Waals surface area contributed by atoms with E-state index in [0.717, 1.165) is 10.2 Å². The standard InChI is InChI=1S/C11H13BrN2O2/c1-8(15)13-7-6-11(16)14-10-4-2-9(12)3-5-10/h2-5H,6-7H2,1H3,(H,13,15)(H,14,16). The van der Waals surface area contributed by atoms with Gasteiger partial charge in [-0.25, -0.2) is 0 Å². The molecule has 0 heterocycles. The summed E-state index contributed by atoms with van der Waals surface area (Å²) in [6.45, 7) is 1.78. The van der Waals surface area contributed by atoms with Crippen LogP contribution in [0.3, 0.4) is 0 Å². The lowest BCUT2D eigenvalue weighted by Gasteiger charge is -2.05. The molecule has 0 spiro atoms. The third-order valence-corrected chi connectivity index (χ3v) is 2.38. The molecule has 0 radical (unpaired) electrons. The van der Waals surface area contributed by atoms with Crippen molar-refractivity contribution in [3.8, 4) is 0 Å². The molecule has 0 aliphatic rings. The van der Waals surface area contributed by atoms with E-state index in [9.17, 15) is 9.59 Å². The van der Waals surface area contributed by atoms with Gasteiger partial charge in [0.15, 0.2) is 0 Å². The summed E-state index contributed by atoms with van der Waals surface area (Å²) < 4.78 is 0.962. The van der Waals surface area contributed by atoms with Gasteiger partial charge in [0, 0.05) is 30.0 Å². The number of nitrogens with one attached hydrogen (secondary N) is 2. The van der Waals surface area contributed by atoms with Crippen molar-refractivity contribution in [2.24, 2.45) is 0 Å². The van der Waals surface area contributed by atoms with Gasteiger partial charge in [0.05, 0.1) is 0 Å². The topological polar surface area (TPSA) is 58.2 Å². The van der Waals surface area contributed by atoms with Crippen molar-refractivity contribution in [3.63, 3.8) is 0 Å². The van der Waals surface area contributed by atoms with Crippen molar-refractivity contribution in [3.05, 3.63) is 28.7 Å². The molecule has 1 rings (SSSR count). The number of hydrogen-bond donors (Lipinski definition) is 2. The van der Waals surface area contributed by atoms with Crippen LogP contribution in [0.25, 0.3) is 0 Å². The van der Waals surface area contributed by atoms with Gasteiger partial charge in [-0.15, -0.1) is 0 Å². The third-order valence-electron chi connectivity index (χ3n) is 1.85. The molecule has 0 bridgehead atoms. The Kier molecular flexibility index (Phi) is 4.98. The molecule has 5 heteroatoms. The van der Waals surface area contributed by atoms with Crippen LogP contribution in [0.1, 0.15) is 13.3 Å². The Morgan fingerprint density at radius 2 is 1.88 bits per heavy atom. The van der Waals surface area contributed by atoms with E-state index in [1.54, 1.807) is 12.1 Å². The number of carbonyl (C=O) groups excluding carboxylic acids is 2. The molecule has 0 aliphatic carbocycles. The van der Waals surface area contributed by atoms with E-state index in [2.05, 4.69) is 26.6 Å². The quantitative estimate of drug-likeness (QED) is 0.888. The number of halogens is 1. The summed E-state index contributed by atoms with van der Waals surface area (Å²) in [5.74, 6) is -0.243. The predicted octanol–water partition coefficient (Wildman–Crippen LogP) is 1.91. The average molecular weight is 285 g/mol. The normalized spacial score (nSPS) is 9.62. The number of benzene rings is 1. The maximum Gasteiger partial charge on any atom is 0.226 e. The van der Waals surface area contributed by atoms with Gasteiger partial charge >= 0.3 is 0 Å². The minimum atomic E-state index is -0.128. The van der Waals surface area contributed by atoms with Crippen LogP contribution in [0.2, 0.25) is 0 Å². The van der Waals surface area contributed by atoms with Crippen LogP contribution in [-0.4, -0.2) is 18.4 Å². The molecule has 1 aromatic rings. The highest BCUT2D eigenvalue weighted by atomic mass is 79.9. The van der Waals surface area contributed by atoms with Crippen LogP contribution in [0, 0.1) is 0 Å². The molecular weight excluding hydrogens is 272 g/mol. The lowest BCUT2D eigenvalue weighted by molar-refractivity contribution is -0.119. The molecule has 2 N–H and O–H groups in total. The summed E-state index contributed by atoms with van der Waals surface area (Å²) >= 11 is 3.31. The van der Waals surface area contributed by atoms with Gasteiger partial charge in [-0.2, -0.15) is 0 Å². The van der Waals surface area contributed by atoms with Crippen LogP contribution in [0.4, 0.5) is 5.69 Å². The van der Waals surface area contributed by atoms with Gasteiger partial charge in [-0.05, 0) is 24.3 Å². The van der Waals surface area contributed by atoms with E-state index in [-0.39, 0.29) is 18.2 Å². The molecule has 0 atom stereocenters. The van der Waals surface area contributed by atoms with Crippen molar-refractivity contribution < 1.29 is 9.59 Å². The summed E-state index contributed by atoms with van der Waals surface area (Å²) in [6.07, 6.45) is 0.273. The number of rotatable bonds is 4. The maximum atomic E-state index is 11.4. The minimum Gasteiger partial charge on any atom is -0.356 e. The maximum absolute atomic E-state index is 11.4. The zero-order valence-corrected chi connectivity index (χ0v) is 10.5. The lowest BCUT2D eigenvalue weighted by Crippen LogP contribution is -2.25. The zero-order chi connectivity index (χ0) is 12.0. The highest BCUT2D eigenvalue weighted by Gasteiger charge is 2.02. The lowest BCUT2D eigenvalue weighted by atomic mass is 10.3. The Bertz CT molecular complexity index is 376. The average Bonchev–Trinajstić information content (AvgIpc) is 2.21.